The first-order chi connectivity index (χ1) is 14.9. The van der Waals surface area contributed by atoms with E-state index in [1.165, 1.54) is 0 Å². The Kier molecular flexibility index (Phi) is 6.56. The second-order valence-electron chi connectivity index (χ2n) is 7.60. The minimum atomic E-state index is -0.326. The molecule has 162 valence electrons. The first-order valence-electron chi connectivity index (χ1n) is 10.3. The summed E-state index contributed by atoms with van der Waals surface area (Å²) in [5.74, 6) is 2.15. The molecule has 2 unspecified atom stereocenters. The summed E-state index contributed by atoms with van der Waals surface area (Å²) >= 11 is 18.8. The molecule has 1 aromatic heterocycles. The van der Waals surface area contributed by atoms with Crippen molar-refractivity contribution in [2.24, 2.45) is 4.99 Å². The van der Waals surface area contributed by atoms with Gasteiger partial charge >= 0.3 is 0 Å². The molecule has 0 aliphatic carbocycles. The number of rotatable bonds is 6. The van der Waals surface area contributed by atoms with Gasteiger partial charge in [-0.15, -0.1) is 10.2 Å². The third kappa shape index (κ3) is 4.32. The molecule has 31 heavy (non-hydrogen) atoms. The maximum atomic E-state index is 6.55. The van der Waals surface area contributed by atoms with Gasteiger partial charge in [-0.2, -0.15) is 0 Å². The molecule has 0 radical (unpaired) electrons. The van der Waals surface area contributed by atoms with Crippen LogP contribution in [0.5, 0.6) is 0 Å². The quantitative estimate of drug-likeness (QED) is 0.373. The highest BCUT2D eigenvalue weighted by Crippen LogP contribution is 2.38. The Balaban J connectivity index is 1.79. The minimum absolute atomic E-state index is 0.0714. The molecule has 0 bridgehead atoms. The lowest BCUT2D eigenvalue weighted by Crippen LogP contribution is -2.36. The monoisotopic (exact) mass is 476 g/mol. The van der Waals surface area contributed by atoms with E-state index in [0.29, 0.717) is 26.8 Å². The molecule has 1 aliphatic rings. The number of anilines is 1. The van der Waals surface area contributed by atoms with Crippen LogP contribution in [-0.2, 0) is 0 Å². The van der Waals surface area contributed by atoms with Gasteiger partial charge in [-0.05, 0) is 62.2 Å². The van der Waals surface area contributed by atoms with Crippen molar-refractivity contribution in [3.8, 4) is 0 Å². The Hall–Kier alpha value is -2.08. The molecule has 0 N–H and O–H groups in total. The van der Waals surface area contributed by atoms with Crippen molar-refractivity contribution in [2.45, 2.75) is 51.6 Å². The molecule has 0 fully saturated rings. The van der Waals surface area contributed by atoms with Crippen LogP contribution in [-0.4, -0.2) is 22.1 Å². The zero-order valence-corrected chi connectivity index (χ0v) is 19.8. The molecule has 2 atom stereocenters. The van der Waals surface area contributed by atoms with Gasteiger partial charge in [-0.25, -0.2) is 0 Å². The van der Waals surface area contributed by atoms with Gasteiger partial charge in [-0.3, -0.25) is 4.99 Å². The second kappa shape index (κ2) is 9.19. The molecule has 0 saturated heterocycles. The van der Waals surface area contributed by atoms with E-state index in [9.17, 15) is 0 Å². The van der Waals surface area contributed by atoms with Gasteiger partial charge in [0.1, 0.15) is 5.84 Å². The number of amidine groups is 1. The normalized spacial score (nSPS) is 18.7. The highest BCUT2D eigenvalue weighted by atomic mass is 35.5. The summed E-state index contributed by atoms with van der Waals surface area (Å²) in [7, 11) is 0. The Morgan fingerprint density at radius 3 is 2.29 bits per heavy atom. The molecule has 0 amide bonds. The Bertz CT molecular complexity index is 1090. The zero-order valence-electron chi connectivity index (χ0n) is 17.5. The lowest BCUT2D eigenvalue weighted by molar-refractivity contribution is 0.376. The van der Waals surface area contributed by atoms with Gasteiger partial charge in [0.25, 0.3) is 0 Å². The molecule has 5 nitrogen and oxygen atoms in total. The molecule has 2 aromatic carbocycles. The van der Waals surface area contributed by atoms with E-state index < -0.39 is 0 Å². The van der Waals surface area contributed by atoms with Crippen LogP contribution >= 0.6 is 34.8 Å². The van der Waals surface area contributed by atoms with E-state index in [1.54, 1.807) is 12.1 Å². The fourth-order valence-corrected chi connectivity index (χ4v) is 4.51. The molecular formula is C23H23Cl3N4O. The van der Waals surface area contributed by atoms with Gasteiger partial charge in [-0.1, -0.05) is 48.7 Å². The van der Waals surface area contributed by atoms with Crippen LogP contribution in [0.4, 0.5) is 5.69 Å². The van der Waals surface area contributed by atoms with Crippen molar-refractivity contribution in [1.29, 1.82) is 0 Å². The fraction of sp³-hybridized carbons (Fsp3) is 0.348. The first-order valence-corrected chi connectivity index (χ1v) is 11.5. The van der Waals surface area contributed by atoms with Crippen molar-refractivity contribution in [3.05, 3.63) is 74.9 Å². The number of nitrogens with zero attached hydrogens (tertiary/aromatic N) is 4. The van der Waals surface area contributed by atoms with Crippen molar-refractivity contribution in [1.82, 2.24) is 10.2 Å². The zero-order chi connectivity index (χ0) is 22.1. The number of halogens is 3. The molecular weight excluding hydrogens is 455 g/mol. The van der Waals surface area contributed by atoms with Crippen LogP contribution in [0.1, 0.15) is 62.9 Å². The molecule has 3 aromatic rings. The van der Waals surface area contributed by atoms with Crippen molar-refractivity contribution < 1.29 is 4.42 Å². The van der Waals surface area contributed by atoms with Crippen LogP contribution in [0, 0.1) is 0 Å². The number of aliphatic imine (C=N–C) groups is 1. The van der Waals surface area contributed by atoms with E-state index >= 15 is 0 Å². The standard InChI is InChI=1S/C23H23Cl3N4O/c1-4-14(5-2)22-28-29-23(31-22)20-13(3)30(17-9-6-15(24)7-10-17)21(27-20)18-11-8-16(25)12-19(18)26/h6-14,20H,4-5H2,1-3H3. The summed E-state index contributed by atoms with van der Waals surface area (Å²) in [4.78, 5) is 7.11. The average Bonchev–Trinajstić information content (AvgIpc) is 3.35. The van der Waals surface area contributed by atoms with Crippen molar-refractivity contribution >= 4 is 46.3 Å². The summed E-state index contributed by atoms with van der Waals surface area (Å²) in [5, 5.41) is 10.4. The van der Waals surface area contributed by atoms with E-state index in [4.69, 9.17) is 44.2 Å². The minimum Gasteiger partial charge on any atom is -0.423 e. The SMILES string of the molecule is CCC(CC)c1nnc(C2N=C(c3ccc(Cl)cc3Cl)N(c3ccc(Cl)cc3)C2C)o1. The molecule has 0 spiro atoms. The largest absolute Gasteiger partial charge is 0.423 e. The van der Waals surface area contributed by atoms with Crippen molar-refractivity contribution in [2.75, 3.05) is 4.90 Å². The Labute approximate surface area is 197 Å². The van der Waals surface area contributed by atoms with Gasteiger partial charge in [0.2, 0.25) is 11.8 Å². The smallest absolute Gasteiger partial charge is 0.243 e. The predicted molar refractivity (Wildman–Crippen MR) is 127 cm³/mol. The summed E-state index contributed by atoms with van der Waals surface area (Å²) < 4.78 is 6.09. The maximum absolute atomic E-state index is 6.55. The average molecular weight is 478 g/mol. The molecule has 1 aliphatic heterocycles. The van der Waals surface area contributed by atoms with Crippen LogP contribution in [0.2, 0.25) is 15.1 Å². The van der Waals surface area contributed by atoms with Gasteiger partial charge in [0.05, 0.1) is 11.1 Å². The number of hydrogen-bond acceptors (Lipinski definition) is 5. The van der Waals surface area contributed by atoms with E-state index in [2.05, 4.69) is 35.9 Å². The molecule has 8 heteroatoms. The van der Waals surface area contributed by atoms with E-state index in [-0.39, 0.29) is 18.0 Å². The predicted octanol–water partition coefficient (Wildman–Crippen LogP) is 7.33. The summed E-state index contributed by atoms with van der Waals surface area (Å²) in [6.07, 6.45) is 1.90. The number of hydrogen-bond donors (Lipinski definition) is 0. The second-order valence-corrected chi connectivity index (χ2v) is 8.88. The highest BCUT2D eigenvalue weighted by Gasteiger charge is 2.39. The summed E-state index contributed by atoms with van der Waals surface area (Å²) in [5.41, 5.74) is 1.74. The first kappa shape index (κ1) is 22.1. The Morgan fingerprint density at radius 2 is 1.65 bits per heavy atom. The lowest BCUT2D eigenvalue weighted by Gasteiger charge is -2.27. The van der Waals surface area contributed by atoms with Crippen LogP contribution in [0.15, 0.2) is 51.9 Å². The molecule has 4 rings (SSSR count). The van der Waals surface area contributed by atoms with Gasteiger partial charge < -0.3 is 9.32 Å². The van der Waals surface area contributed by atoms with E-state index in [1.807, 2.05) is 30.3 Å². The van der Waals surface area contributed by atoms with Gasteiger partial charge in [0.15, 0.2) is 6.04 Å². The molecule has 0 saturated carbocycles. The highest BCUT2D eigenvalue weighted by molar-refractivity contribution is 6.37. The van der Waals surface area contributed by atoms with Crippen LogP contribution in [0.25, 0.3) is 0 Å². The topological polar surface area (TPSA) is 54.5 Å². The fourth-order valence-electron chi connectivity index (χ4n) is 3.90. The van der Waals surface area contributed by atoms with Crippen LogP contribution < -0.4 is 4.90 Å². The lowest BCUT2D eigenvalue weighted by atomic mass is 10.0. The molecule has 2 heterocycles. The number of aromatic nitrogens is 2. The van der Waals surface area contributed by atoms with Crippen LogP contribution in [0.3, 0.4) is 0 Å². The summed E-state index contributed by atoms with van der Waals surface area (Å²) in [6, 6.07) is 12.6. The Morgan fingerprint density at radius 1 is 0.968 bits per heavy atom. The van der Waals surface area contributed by atoms with Crippen molar-refractivity contribution in [3.63, 3.8) is 0 Å². The third-order valence-corrected chi connectivity index (χ3v) is 6.47. The van der Waals surface area contributed by atoms with E-state index in [0.717, 1.165) is 29.9 Å². The van der Waals surface area contributed by atoms with Gasteiger partial charge in [0, 0.05) is 27.2 Å². The summed E-state index contributed by atoms with van der Waals surface area (Å²) in [6.45, 7) is 6.33. The maximum Gasteiger partial charge on any atom is 0.243 e. The number of benzene rings is 2. The third-order valence-electron chi connectivity index (χ3n) is 5.67.